The Morgan fingerprint density at radius 2 is 1.88 bits per heavy atom. The molecule has 4 rings (SSSR count). The molecule has 2 aromatic carbocycles. The molecule has 0 spiro atoms. The Hall–Kier alpha value is -3.89. The summed E-state index contributed by atoms with van der Waals surface area (Å²) in [5.41, 5.74) is 2.75. The molecule has 0 bridgehead atoms. The average Bonchev–Trinajstić information content (AvgIpc) is 3.32. The maximum atomic E-state index is 13.4. The van der Waals surface area contributed by atoms with Crippen molar-refractivity contribution in [2.45, 2.75) is 43.4 Å². The number of anilines is 2. The fourth-order valence-corrected chi connectivity index (χ4v) is 6.59. The van der Waals surface area contributed by atoms with Crippen molar-refractivity contribution in [3.05, 3.63) is 82.2 Å². The maximum absolute atomic E-state index is 13.4. The van der Waals surface area contributed by atoms with Crippen LogP contribution in [-0.2, 0) is 32.1 Å². The van der Waals surface area contributed by atoms with Crippen LogP contribution in [0.15, 0.2) is 65.6 Å². The summed E-state index contributed by atoms with van der Waals surface area (Å²) in [6, 6.07) is 16.9. The van der Waals surface area contributed by atoms with Crippen LogP contribution in [0.5, 0.6) is 0 Å². The Labute approximate surface area is 241 Å². The molecule has 208 valence electrons. The molecule has 0 aliphatic carbocycles. The lowest BCUT2D eigenvalue weighted by molar-refractivity contribution is -0.129. The van der Waals surface area contributed by atoms with Gasteiger partial charge in [0.1, 0.15) is 5.00 Å². The van der Waals surface area contributed by atoms with Crippen LogP contribution in [0.4, 0.5) is 10.7 Å². The summed E-state index contributed by atoms with van der Waals surface area (Å²) in [5, 5.41) is 5.81. The lowest BCUT2D eigenvalue weighted by Crippen LogP contribution is -2.34. The Morgan fingerprint density at radius 3 is 2.58 bits per heavy atom. The van der Waals surface area contributed by atoms with Gasteiger partial charge in [-0.3, -0.25) is 14.4 Å². The molecule has 40 heavy (non-hydrogen) atoms. The highest BCUT2D eigenvalue weighted by Gasteiger charge is 2.31. The molecule has 2 N–H and O–H groups in total. The van der Waals surface area contributed by atoms with Gasteiger partial charge in [-0.2, -0.15) is 0 Å². The summed E-state index contributed by atoms with van der Waals surface area (Å²) >= 11 is 2.69. The number of carbonyl (C=O) groups is 4. The lowest BCUT2D eigenvalue weighted by atomic mass is 10.0. The quantitative estimate of drug-likeness (QED) is 0.195. The number of methoxy groups -OCH3 is 1. The van der Waals surface area contributed by atoms with E-state index < -0.39 is 11.2 Å². The minimum Gasteiger partial charge on any atom is -0.465 e. The van der Waals surface area contributed by atoms with Crippen LogP contribution in [0, 0.1) is 0 Å². The van der Waals surface area contributed by atoms with Gasteiger partial charge in [0.2, 0.25) is 17.7 Å². The highest BCUT2D eigenvalue weighted by Crippen LogP contribution is 2.38. The molecule has 1 aliphatic rings. The normalized spacial score (nSPS) is 13.4. The van der Waals surface area contributed by atoms with Crippen LogP contribution in [0.2, 0.25) is 0 Å². The molecule has 8 nitrogen and oxygen atoms in total. The van der Waals surface area contributed by atoms with Gasteiger partial charge in [-0.25, -0.2) is 4.79 Å². The number of thiophene rings is 1. The zero-order chi connectivity index (χ0) is 28.6. The predicted octanol–water partition coefficient (Wildman–Crippen LogP) is 5.60. The van der Waals surface area contributed by atoms with E-state index in [0.29, 0.717) is 42.2 Å². The third-order valence-corrected chi connectivity index (χ3v) is 8.89. The number of fused-ring (bicyclic) bond motifs is 1. The summed E-state index contributed by atoms with van der Waals surface area (Å²) in [5.74, 6) is -1.03. The van der Waals surface area contributed by atoms with Gasteiger partial charge in [-0.15, -0.1) is 23.1 Å². The molecular weight excluding hydrogens is 546 g/mol. The lowest BCUT2D eigenvalue weighted by Gasteiger charge is -2.25. The van der Waals surface area contributed by atoms with Crippen LogP contribution in [0.1, 0.15) is 46.6 Å². The fourth-order valence-electron chi connectivity index (χ4n) is 4.32. The fraction of sp³-hybridized carbons (Fsp3) is 0.267. The average molecular weight is 578 g/mol. The number of benzene rings is 2. The van der Waals surface area contributed by atoms with Crippen molar-refractivity contribution in [2.75, 3.05) is 24.3 Å². The maximum Gasteiger partial charge on any atom is 0.341 e. The smallest absolute Gasteiger partial charge is 0.341 e. The number of rotatable bonds is 9. The van der Waals surface area contributed by atoms with Gasteiger partial charge in [0.15, 0.2) is 0 Å². The SMILES string of the molecule is CCC(Sc1cccc(NC(=O)/C=C/c2ccccc2)c1)C(=O)Nc1sc2c(c1C(=O)OC)CCN(C(C)=O)C2. The summed E-state index contributed by atoms with van der Waals surface area (Å²) in [4.78, 5) is 53.7. The third-order valence-electron chi connectivity index (χ3n) is 6.40. The highest BCUT2D eigenvalue weighted by molar-refractivity contribution is 8.00. The Balaban J connectivity index is 1.45. The number of nitrogens with one attached hydrogen (secondary N) is 2. The first-order chi connectivity index (χ1) is 19.3. The molecule has 0 saturated carbocycles. The van der Waals surface area contributed by atoms with Crippen molar-refractivity contribution in [3.63, 3.8) is 0 Å². The molecular formula is C30H31N3O5S2. The number of nitrogens with zero attached hydrogens (tertiary/aromatic N) is 1. The minimum atomic E-state index is -0.505. The number of thioether (sulfide) groups is 1. The van der Waals surface area contributed by atoms with Crippen LogP contribution in [-0.4, -0.2) is 47.5 Å². The number of ether oxygens (including phenoxy) is 1. The van der Waals surface area contributed by atoms with E-state index >= 15 is 0 Å². The monoisotopic (exact) mass is 577 g/mol. The van der Waals surface area contributed by atoms with Crippen LogP contribution in [0.3, 0.4) is 0 Å². The van der Waals surface area contributed by atoms with Crippen LogP contribution < -0.4 is 10.6 Å². The number of hydrogen-bond donors (Lipinski definition) is 2. The van der Waals surface area contributed by atoms with Gasteiger partial charge in [-0.1, -0.05) is 43.3 Å². The van der Waals surface area contributed by atoms with Gasteiger partial charge in [0, 0.05) is 35.0 Å². The number of hydrogen-bond acceptors (Lipinski definition) is 7. The van der Waals surface area contributed by atoms with E-state index in [2.05, 4.69) is 10.6 Å². The van der Waals surface area contributed by atoms with Crippen molar-refractivity contribution in [1.82, 2.24) is 4.90 Å². The Kier molecular flexibility index (Phi) is 9.79. The molecule has 2 heterocycles. The van der Waals surface area contributed by atoms with Crippen molar-refractivity contribution in [2.24, 2.45) is 0 Å². The van der Waals surface area contributed by atoms with E-state index in [1.54, 1.807) is 17.0 Å². The second kappa shape index (κ2) is 13.5. The molecule has 1 aliphatic heterocycles. The van der Waals surface area contributed by atoms with Gasteiger partial charge < -0.3 is 20.3 Å². The van der Waals surface area contributed by atoms with E-state index in [9.17, 15) is 19.2 Å². The van der Waals surface area contributed by atoms with Gasteiger partial charge >= 0.3 is 5.97 Å². The zero-order valence-corrected chi connectivity index (χ0v) is 24.2. The zero-order valence-electron chi connectivity index (χ0n) is 22.6. The predicted molar refractivity (Wildman–Crippen MR) is 160 cm³/mol. The summed E-state index contributed by atoms with van der Waals surface area (Å²) in [7, 11) is 1.32. The molecule has 3 aromatic rings. The van der Waals surface area contributed by atoms with Crippen molar-refractivity contribution < 1.29 is 23.9 Å². The third kappa shape index (κ3) is 7.19. The highest BCUT2D eigenvalue weighted by atomic mass is 32.2. The molecule has 1 atom stereocenters. The molecule has 0 radical (unpaired) electrons. The second-order valence-electron chi connectivity index (χ2n) is 9.16. The van der Waals surface area contributed by atoms with E-state index in [1.165, 1.54) is 43.2 Å². The minimum absolute atomic E-state index is 0.0302. The first-order valence-electron chi connectivity index (χ1n) is 12.9. The molecule has 0 fully saturated rings. The van der Waals surface area contributed by atoms with Gasteiger partial charge in [0.05, 0.1) is 24.5 Å². The Morgan fingerprint density at radius 1 is 1.10 bits per heavy atom. The topological polar surface area (TPSA) is 105 Å². The molecule has 10 heteroatoms. The van der Waals surface area contributed by atoms with Crippen molar-refractivity contribution in [3.8, 4) is 0 Å². The van der Waals surface area contributed by atoms with E-state index in [1.807, 2.05) is 55.5 Å². The molecule has 3 amide bonds. The Bertz CT molecular complexity index is 1430. The van der Waals surface area contributed by atoms with E-state index in [0.717, 1.165) is 20.9 Å². The van der Waals surface area contributed by atoms with Gasteiger partial charge in [-0.05, 0) is 48.2 Å². The summed E-state index contributed by atoms with van der Waals surface area (Å²) in [6.07, 6.45) is 4.29. The standard InChI is InChI=1S/C30H31N3O5S2/c1-4-24(39-22-12-8-11-21(17-22)31-26(35)14-13-20-9-6-5-7-10-20)28(36)32-29-27(30(37)38-3)23-15-16-33(19(2)34)18-25(23)40-29/h5-14,17,24H,4,15-16,18H2,1-3H3,(H,31,35)(H,32,36)/b14-13+. The molecule has 1 aromatic heterocycles. The van der Waals surface area contributed by atoms with Crippen LogP contribution in [0.25, 0.3) is 6.08 Å². The first-order valence-corrected chi connectivity index (χ1v) is 14.6. The van der Waals surface area contributed by atoms with Crippen molar-refractivity contribution in [1.29, 1.82) is 0 Å². The number of amides is 3. The van der Waals surface area contributed by atoms with Gasteiger partial charge in [0.25, 0.3) is 0 Å². The molecule has 1 unspecified atom stereocenters. The van der Waals surface area contributed by atoms with Crippen molar-refractivity contribution >= 4 is 63.6 Å². The second-order valence-corrected chi connectivity index (χ2v) is 11.5. The summed E-state index contributed by atoms with van der Waals surface area (Å²) in [6.45, 7) is 4.36. The summed E-state index contributed by atoms with van der Waals surface area (Å²) < 4.78 is 5.02. The van der Waals surface area contributed by atoms with Crippen LogP contribution >= 0.6 is 23.1 Å². The van der Waals surface area contributed by atoms with E-state index in [-0.39, 0.29) is 17.7 Å². The first kappa shape index (κ1) is 29.1. The number of esters is 1. The molecule has 0 saturated heterocycles. The largest absolute Gasteiger partial charge is 0.465 e. The number of carbonyl (C=O) groups excluding carboxylic acids is 4. The van der Waals surface area contributed by atoms with E-state index in [4.69, 9.17) is 4.74 Å².